The van der Waals surface area contributed by atoms with E-state index in [1.165, 1.54) is 0 Å². The van der Waals surface area contributed by atoms with Crippen LogP contribution in [0.15, 0.2) is 21.1 Å². The van der Waals surface area contributed by atoms with Crippen molar-refractivity contribution >= 4 is 11.6 Å². The third-order valence-corrected chi connectivity index (χ3v) is 3.08. The van der Waals surface area contributed by atoms with Crippen LogP contribution in [0.25, 0.3) is 11.6 Å². The molecule has 3 rings (SSSR count). The summed E-state index contributed by atoms with van der Waals surface area (Å²) in [5.41, 5.74) is 0. The summed E-state index contributed by atoms with van der Waals surface area (Å²) in [6.07, 6.45) is 2.21. The van der Waals surface area contributed by atoms with E-state index in [0.717, 1.165) is 25.9 Å². The fraction of sp³-hybridized carbons (Fsp3) is 0.455. The van der Waals surface area contributed by atoms with Crippen LogP contribution in [0.4, 0.5) is 0 Å². The van der Waals surface area contributed by atoms with Crippen molar-refractivity contribution in [3.8, 4) is 11.6 Å². The zero-order chi connectivity index (χ0) is 11.7. The predicted molar refractivity (Wildman–Crippen MR) is 61.9 cm³/mol. The first-order chi connectivity index (χ1) is 8.33. The summed E-state index contributed by atoms with van der Waals surface area (Å²) < 4.78 is 10.5. The molecule has 2 aromatic rings. The average molecular weight is 254 g/mol. The molecule has 1 unspecified atom stereocenters. The van der Waals surface area contributed by atoms with Gasteiger partial charge in [0.2, 0.25) is 11.7 Å². The highest BCUT2D eigenvalue weighted by Crippen LogP contribution is 2.26. The van der Waals surface area contributed by atoms with Crippen LogP contribution in [-0.2, 0) is 0 Å². The lowest BCUT2D eigenvalue weighted by Gasteiger charge is -2.18. The molecule has 0 saturated carbocycles. The third kappa shape index (κ3) is 2.21. The molecule has 90 valence electrons. The summed E-state index contributed by atoms with van der Waals surface area (Å²) in [5.74, 6) is 1.96. The van der Waals surface area contributed by atoms with Gasteiger partial charge < -0.3 is 14.3 Å². The fourth-order valence-electron chi connectivity index (χ4n) is 2.00. The Hall–Kier alpha value is -1.33. The van der Waals surface area contributed by atoms with Crippen molar-refractivity contribution in [1.82, 2.24) is 15.5 Å². The molecular formula is C11H12ClN3O2. The number of piperidine rings is 1. The largest absolute Gasteiger partial charge is 0.441 e. The molecule has 1 N–H and O–H groups in total. The Morgan fingerprint density at radius 2 is 2.35 bits per heavy atom. The second-order valence-corrected chi connectivity index (χ2v) is 4.48. The Labute approximate surface area is 103 Å². The molecule has 1 fully saturated rings. The van der Waals surface area contributed by atoms with Crippen LogP contribution in [-0.4, -0.2) is 23.2 Å². The highest BCUT2D eigenvalue weighted by molar-refractivity contribution is 6.28. The van der Waals surface area contributed by atoms with Crippen LogP contribution in [0.2, 0.25) is 5.22 Å². The van der Waals surface area contributed by atoms with Gasteiger partial charge >= 0.3 is 0 Å². The van der Waals surface area contributed by atoms with E-state index >= 15 is 0 Å². The van der Waals surface area contributed by atoms with Gasteiger partial charge in [0.25, 0.3) is 0 Å². The number of nitrogens with one attached hydrogen (secondary N) is 1. The Morgan fingerprint density at radius 1 is 1.41 bits per heavy atom. The number of hydrogen-bond donors (Lipinski definition) is 1. The van der Waals surface area contributed by atoms with Crippen molar-refractivity contribution in [1.29, 1.82) is 0 Å². The highest BCUT2D eigenvalue weighted by Gasteiger charge is 2.22. The minimum atomic E-state index is 0.301. The smallest absolute Gasteiger partial charge is 0.238 e. The molecule has 0 aromatic carbocycles. The first-order valence-corrected chi connectivity index (χ1v) is 6.01. The lowest BCUT2D eigenvalue weighted by Crippen LogP contribution is -2.28. The molecule has 0 aliphatic carbocycles. The molecule has 1 atom stereocenters. The first kappa shape index (κ1) is 10.8. The van der Waals surface area contributed by atoms with Crippen molar-refractivity contribution in [3.63, 3.8) is 0 Å². The maximum Gasteiger partial charge on any atom is 0.238 e. The first-order valence-electron chi connectivity index (χ1n) is 5.63. The normalized spacial score (nSPS) is 20.6. The quantitative estimate of drug-likeness (QED) is 0.891. The summed E-state index contributed by atoms with van der Waals surface area (Å²) in [4.78, 5) is 4.35. The van der Waals surface area contributed by atoms with Gasteiger partial charge in [0, 0.05) is 6.54 Å². The van der Waals surface area contributed by atoms with Gasteiger partial charge in [-0.15, -0.1) is 0 Å². The molecule has 3 heterocycles. The molecule has 5 nitrogen and oxygen atoms in total. The Kier molecular flexibility index (Phi) is 2.86. The minimum Gasteiger partial charge on any atom is -0.441 e. The van der Waals surface area contributed by atoms with E-state index in [1.54, 1.807) is 12.1 Å². The molecule has 1 aliphatic heterocycles. The van der Waals surface area contributed by atoms with Gasteiger partial charge in [-0.05, 0) is 43.1 Å². The highest BCUT2D eigenvalue weighted by atomic mass is 35.5. The Morgan fingerprint density at radius 3 is 3.06 bits per heavy atom. The fourth-order valence-corrected chi connectivity index (χ4v) is 2.14. The topological polar surface area (TPSA) is 64.1 Å². The van der Waals surface area contributed by atoms with Gasteiger partial charge in [-0.3, -0.25) is 0 Å². The second kappa shape index (κ2) is 4.50. The molecule has 0 spiro atoms. The van der Waals surface area contributed by atoms with Crippen LogP contribution in [0.3, 0.4) is 0 Å². The van der Waals surface area contributed by atoms with E-state index in [1.807, 2.05) is 0 Å². The van der Waals surface area contributed by atoms with Crippen LogP contribution in [0, 0.1) is 0 Å². The summed E-state index contributed by atoms with van der Waals surface area (Å²) in [6, 6.07) is 3.39. The zero-order valence-corrected chi connectivity index (χ0v) is 9.91. The summed E-state index contributed by atoms with van der Waals surface area (Å²) in [6.45, 7) is 1.95. The van der Waals surface area contributed by atoms with Crippen LogP contribution in [0.5, 0.6) is 0 Å². The zero-order valence-electron chi connectivity index (χ0n) is 9.15. The molecule has 0 amide bonds. The number of halogens is 1. The van der Waals surface area contributed by atoms with Crippen LogP contribution in [0.1, 0.15) is 24.7 Å². The van der Waals surface area contributed by atoms with E-state index in [2.05, 4.69) is 15.5 Å². The monoisotopic (exact) mass is 253 g/mol. The molecule has 0 bridgehead atoms. The van der Waals surface area contributed by atoms with E-state index in [-0.39, 0.29) is 0 Å². The van der Waals surface area contributed by atoms with E-state index in [4.69, 9.17) is 20.5 Å². The maximum absolute atomic E-state index is 5.70. The molecule has 1 saturated heterocycles. The predicted octanol–water partition coefficient (Wildman–Crippen LogP) is 2.45. The van der Waals surface area contributed by atoms with Crippen LogP contribution >= 0.6 is 11.6 Å². The van der Waals surface area contributed by atoms with Crippen molar-refractivity contribution in [2.24, 2.45) is 0 Å². The molecule has 17 heavy (non-hydrogen) atoms. The lowest BCUT2D eigenvalue weighted by atomic mass is 10.00. The molecular weight excluding hydrogens is 242 g/mol. The van der Waals surface area contributed by atoms with Gasteiger partial charge in [-0.25, -0.2) is 0 Å². The SMILES string of the molecule is Clc1ccc(-c2noc(C3CCCNC3)n2)o1. The second-order valence-electron chi connectivity index (χ2n) is 4.10. The van der Waals surface area contributed by atoms with Gasteiger partial charge in [-0.1, -0.05) is 5.16 Å². The number of hydrogen-bond acceptors (Lipinski definition) is 5. The average Bonchev–Trinajstić information content (AvgIpc) is 2.98. The Bertz CT molecular complexity index is 502. The van der Waals surface area contributed by atoms with E-state index in [0.29, 0.717) is 28.6 Å². The molecule has 0 radical (unpaired) electrons. The summed E-state index contributed by atoms with van der Waals surface area (Å²) in [5, 5.41) is 7.55. The number of aromatic nitrogens is 2. The number of furan rings is 1. The standard InChI is InChI=1S/C11H12ClN3O2/c12-9-4-3-8(16-9)10-14-11(17-15-10)7-2-1-5-13-6-7/h3-4,7,13H,1-2,5-6H2. The van der Waals surface area contributed by atoms with Crippen LogP contribution < -0.4 is 5.32 Å². The van der Waals surface area contributed by atoms with Crippen molar-refractivity contribution < 1.29 is 8.94 Å². The summed E-state index contributed by atoms with van der Waals surface area (Å²) in [7, 11) is 0. The third-order valence-electron chi connectivity index (χ3n) is 2.88. The van der Waals surface area contributed by atoms with Crippen molar-refractivity contribution in [2.45, 2.75) is 18.8 Å². The minimum absolute atomic E-state index is 0.301. The van der Waals surface area contributed by atoms with Gasteiger partial charge in [0.1, 0.15) is 0 Å². The van der Waals surface area contributed by atoms with E-state index in [9.17, 15) is 0 Å². The van der Waals surface area contributed by atoms with Crippen molar-refractivity contribution in [3.05, 3.63) is 23.2 Å². The van der Waals surface area contributed by atoms with Crippen molar-refractivity contribution in [2.75, 3.05) is 13.1 Å². The molecule has 2 aromatic heterocycles. The van der Waals surface area contributed by atoms with Gasteiger partial charge in [0.05, 0.1) is 5.92 Å². The Balaban J connectivity index is 1.82. The number of nitrogens with zero attached hydrogens (tertiary/aromatic N) is 2. The van der Waals surface area contributed by atoms with E-state index < -0.39 is 0 Å². The van der Waals surface area contributed by atoms with Gasteiger partial charge in [-0.2, -0.15) is 4.98 Å². The lowest BCUT2D eigenvalue weighted by molar-refractivity contribution is 0.322. The number of rotatable bonds is 2. The molecule has 6 heteroatoms. The van der Waals surface area contributed by atoms with Gasteiger partial charge in [0.15, 0.2) is 11.0 Å². The maximum atomic E-state index is 5.70. The molecule has 1 aliphatic rings. The summed E-state index contributed by atoms with van der Waals surface area (Å²) >= 11 is 5.70.